The van der Waals surface area contributed by atoms with Crippen molar-refractivity contribution in [1.29, 1.82) is 0 Å². The highest BCUT2D eigenvalue weighted by Crippen LogP contribution is 2.24. The molecular formula is C28H49N5O5S2. The van der Waals surface area contributed by atoms with Crippen LogP contribution in [-0.4, -0.2) is 55.8 Å². The zero-order valence-corrected chi connectivity index (χ0v) is 26.7. The third-order valence-corrected chi connectivity index (χ3v) is 7.12. The maximum Gasteiger partial charge on any atom is 0.410 e. The van der Waals surface area contributed by atoms with Crippen molar-refractivity contribution in [1.82, 2.24) is 14.9 Å². The fourth-order valence-electron chi connectivity index (χ4n) is 3.35. The number of aliphatic hydroxyl groups is 2. The molecule has 0 fully saturated rings. The summed E-state index contributed by atoms with van der Waals surface area (Å²) < 4.78 is 5.42. The van der Waals surface area contributed by atoms with Gasteiger partial charge in [0.2, 0.25) is 5.91 Å². The molecule has 5 N–H and O–H groups in total. The molecule has 0 radical (unpaired) electrons. The molecule has 40 heavy (non-hydrogen) atoms. The van der Waals surface area contributed by atoms with Gasteiger partial charge in [0.15, 0.2) is 10.3 Å². The van der Waals surface area contributed by atoms with Gasteiger partial charge in [-0.3, -0.25) is 4.79 Å². The van der Waals surface area contributed by atoms with Crippen LogP contribution in [0.4, 0.5) is 15.1 Å². The number of carbonyl (C=O) groups excluding carboxylic acids is 2. The van der Waals surface area contributed by atoms with E-state index in [0.717, 1.165) is 31.4 Å². The van der Waals surface area contributed by atoms with Gasteiger partial charge in [-0.25, -0.2) is 14.8 Å². The van der Waals surface area contributed by atoms with Crippen LogP contribution in [0, 0.1) is 5.92 Å². The molecule has 0 unspecified atom stereocenters. The summed E-state index contributed by atoms with van der Waals surface area (Å²) in [4.78, 5) is 33.9. The van der Waals surface area contributed by atoms with E-state index in [0.29, 0.717) is 22.5 Å². The molecule has 0 aromatic carbocycles. The highest BCUT2D eigenvalue weighted by Gasteiger charge is 2.25. The summed E-state index contributed by atoms with van der Waals surface area (Å²) in [5, 5.41) is 27.4. The number of unbranched alkanes of at least 4 members (excludes halogenated alkanes) is 4. The normalized spacial score (nSPS) is 12.8. The van der Waals surface area contributed by atoms with E-state index in [-0.39, 0.29) is 18.4 Å². The van der Waals surface area contributed by atoms with Crippen molar-refractivity contribution in [2.24, 2.45) is 5.92 Å². The third kappa shape index (κ3) is 14.4. The summed E-state index contributed by atoms with van der Waals surface area (Å²) in [6, 6.07) is 0. The second-order valence-corrected chi connectivity index (χ2v) is 12.7. The number of hydrogen-bond acceptors (Lipinski definition) is 10. The molecule has 0 saturated heterocycles. The number of nitrogens with one attached hydrogen (secondary N) is 1. The molecule has 2 atom stereocenters. The molecule has 0 spiro atoms. The van der Waals surface area contributed by atoms with Crippen molar-refractivity contribution in [2.45, 2.75) is 111 Å². The highest BCUT2D eigenvalue weighted by atomic mass is 32.1. The van der Waals surface area contributed by atoms with Gasteiger partial charge in [-0.15, -0.1) is 22.7 Å². The first-order valence-electron chi connectivity index (χ1n) is 14.1. The lowest BCUT2D eigenvalue weighted by Crippen LogP contribution is -2.39. The maximum atomic E-state index is 12.4. The van der Waals surface area contributed by atoms with E-state index in [2.05, 4.69) is 22.2 Å². The van der Waals surface area contributed by atoms with Crippen molar-refractivity contribution in [2.75, 3.05) is 24.1 Å². The van der Waals surface area contributed by atoms with E-state index >= 15 is 0 Å². The average Bonchev–Trinajstić information content (AvgIpc) is 3.52. The van der Waals surface area contributed by atoms with E-state index in [1.54, 1.807) is 19.2 Å². The minimum Gasteiger partial charge on any atom is -0.444 e. The lowest BCUT2D eigenvalue weighted by atomic mass is 10.1. The molecule has 0 aliphatic heterocycles. The van der Waals surface area contributed by atoms with Gasteiger partial charge in [0.05, 0.1) is 24.0 Å². The van der Waals surface area contributed by atoms with E-state index in [1.807, 2.05) is 33.1 Å². The zero-order valence-electron chi connectivity index (χ0n) is 25.1. The number of nitrogens with two attached hydrogens (primary N) is 1. The Balaban J connectivity index is 0.000000479. The van der Waals surface area contributed by atoms with Crippen molar-refractivity contribution in [3.63, 3.8) is 0 Å². The lowest BCUT2D eigenvalue weighted by molar-refractivity contribution is -0.118. The van der Waals surface area contributed by atoms with Crippen LogP contribution in [-0.2, 0) is 9.53 Å². The van der Waals surface area contributed by atoms with Crippen LogP contribution in [0.25, 0.3) is 0 Å². The van der Waals surface area contributed by atoms with Gasteiger partial charge in [-0.1, -0.05) is 59.8 Å². The standard InChI is InChI=1S/C18H31N3O4S.C10H18N2OS/c1-7-8-9-21(17(24)25-18(4,5)6)10-14(22)13-11-26-16(19-13)20-15(23)12(2)3;1-2-3-4-5-6-9(13)8-7-14-10(11)12-8/h11-12,14,22H,7-10H2,1-6H3,(H,19,20,23);7,9,13H,2-6H2,1H3,(H2,11,12)/t14-;9-/m00/s1. The number of aromatic nitrogens is 2. The minimum atomic E-state index is -0.944. The average molecular weight is 600 g/mol. The Morgan fingerprint density at radius 3 is 2.17 bits per heavy atom. The highest BCUT2D eigenvalue weighted by molar-refractivity contribution is 7.14. The summed E-state index contributed by atoms with van der Waals surface area (Å²) in [6.07, 6.45) is 5.43. The molecule has 2 aromatic rings. The molecule has 10 nitrogen and oxygen atoms in total. The lowest BCUT2D eigenvalue weighted by Gasteiger charge is -2.28. The van der Waals surface area contributed by atoms with Gasteiger partial charge in [0, 0.05) is 23.2 Å². The second-order valence-electron chi connectivity index (χ2n) is 11.0. The van der Waals surface area contributed by atoms with Gasteiger partial charge in [0.1, 0.15) is 11.7 Å². The van der Waals surface area contributed by atoms with Crippen LogP contribution >= 0.6 is 22.7 Å². The molecule has 0 bridgehead atoms. The van der Waals surface area contributed by atoms with Crippen LogP contribution in [0.15, 0.2) is 10.8 Å². The Labute approximate surface area is 247 Å². The van der Waals surface area contributed by atoms with Crippen LogP contribution in [0.5, 0.6) is 0 Å². The molecule has 12 heteroatoms. The van der Waals surface area contributed by atoms with Crippen LogP contribution in [0.3, 0.4) is 0 Å². The zero-order chi connectivity index (χ0) is 30.3. The number of hydrogen-bond donors (Lipinski definition) is 4. The molecule has 0 aliphatic rings. The van der Waals surface area contributed by atoms with E-state index in [9.17, 15) is 19.8 Å². The number of nitrogen functional groups attached to an aromatic ring is 1. The number of anilines is 2. The largest absolute Gasteiger partial charge is 0.444 e. The summed E-state index contributed by atoms with van der Waals surface area (Å²) >= 11 is 2.63. The van der Waals surface area contributed by atoms with Crippen LogP contribution in [0.1, 0.15) is 117 Å². The number of nitrogens with zero attached hydrogens (tertiary/aromatic N) is 3. The summed E-state index contributed by atoms with van der Waals surface area (Å²) in [5.41, 5.74) is 6.05. The minimum absolute atomic E-state index is 0.0935. The third-order valence-electron chi connectivity index (χ3n) is 5.66. The molecule has 228 valence electrons. The van der Waals surface area contributed by atoms with Gasteiger partial charge >= 0.3 is 6.09 Å². The van der Waals surface area contributed by atoms with Crippen LogP contribution < -0.4 is 11.1 Å². The number of carbonyl (C=O) groups is 2. The van der Waals surface area contributed by atoms with Gasteiger partial charge < -0.3 is 30.9 Å². The second kappa shape index (κ2) is 18.2. The molecule has 2 amide bonds. The SMILES string of the molecule is CCCCCC[C@H](O)c1csc(N)n1.CCCCN(C[C@H](O)c1csc(NC(=O)C(C)C)n1)C(=O)OC(C)(C)C. The molecule has 0 aliphatic carbocycles. The van der Waals surface area contributed by atoms with Gasteiger partial charge in [0.25, 0.3) is 0 Å². The summed E-state index contributed by atoms with van der Waals surface area (Å²) in [5.74, 6) is -0.275. The fourth-order valence-corrected chi connectivity index (χ4v) is 4.72. The Bertz CT molecular complexity index is 1010. The number of aliphatic hydroxyl groups excluding tert-OH is 2. The van der Waals surface area contributed by atoms with Crippen molar-refractivity contribution in [3.8, 4) is 0 Å². The molecule has 2 rings (SSSR count). The Morgan fingerprint density at radius 2 is 1.62 bits per heavy atom. The number of rotatable bonds is 14. The Hall–Kier alpha value is -2.28. The predicted molar refractivity (Wildman–Crippen MR) is 164 cm³/mol. The van der Waals surface area contributed by atoms with Gasteiger partial charge in [-0.2, -0.15) is 0 Å². The topological polar surface area (TPSA) is 151 Å². The van der Waals surface area contributed by atoms with Crippen molar-refractivity contribution < 1.29 is 24.5 Å². The predicted octanol–water partition coefficient (Wildman–Crippen LogP) is 6.54. The molecular weight excluding hydrogens is 550 g/mol. The van der Waals surface area contributed by atoms with Crippen molar-refractivity contribution >= 4 is 44.9 Å². The van der Waals surface area contributed by atoms with Gasteiger partial charge in [-0.05, 0) is 33.6 Å². The van der Waals surface area contributed by atoms with Crippen molar-refractivity contribution in [3.05, 3.63) is 22.1 Å². The first kappa shape index (κ1) is 35.7. The quantitative estimate of drug-likeness (QED) is 0.179. The van der Waals surface area contributed by atoms with E-state index < -0.39 is 23.9 Å². The van der Waals surface area contributed by atoms with E-state index in [4.69, 9.17) is 10.5 Å². The summed E-state index contributed by atoms with van der Waals surface area (Å²) in [7, 11) is 0. The number of thiazole rings is 2. The van der Waals surface area contributed by atoms with Crippen LogP contribution in [0.2, 0.25) is 0 Å². The number of ether oxygens (including phenoxy) is 1. The maximum absolute atomic E-state index is 12.4. The first-order chi connectivity index (χ1) is 18.8. The smallest absolute Gasteiger partial charge is 0.410 e. The summed E-state index contributed by atoms with van der Waals surface area (Å²) in [6.45, 7) is 13.8. The number of amides is 2. The monoisotopic (exact) mass is 599 g/mol. The Kier molecular flexibility index (Phi) is 16.3. The molecule has 0 saturated carbocycles. The first-order valence-corrected chi connectivity index (χ1v) is 15.8. The molecule has 2 aromatic heterocycles. The Morgan fingerprint density at radius 1 is 1.00 bits per heavy atom. The van der Waals surface area contributed by atoms with E-state index in [1.165, 1.54) is 46.8 Å². The fraction of sp³-hybridized carbons (Fsp3) is 0.714. The molecule has 2 heterocycles.